The Labute approximate surface area is 392 Å². The number of carbonyl (C=O) groups excluding carboxylic acids is 6. The van der Waals surface area contributed by atoms with Crippen molar-refractivity contribution < 1.29 is 80.3 Å². The molecule has 9 atom stereocenters. The minimum Gasteiger partial charge on any atom is -0.463 e. The summed E-state index contributed by atoms with van der Waals surface area (Å²) in [5.74, 6) is -5.11. The lowest BCUT2D eigenvalue weighted by molar-refractivity contribution is -0.171. The number of aromatic nitrogens is 4. The van der Waals surface area contributed by atoms with Crippen molar-refractivity contribution in [1.29, 1.82) is 5.26 Å². The van der Waals surface area contributed by atoms with Crippen LogP contribution in [-0.4, -0.2) is 118 Å². The molecule has 24 heteroatoms. The molecule has 23 nitrogen and oxygen atoms in total. The first-order valence-corrected chi connectivity index (χ1v) is 22.6. The number of rotatable bonds is 19. The molecule has 0 bridgehead atoms. The van der Waals surface area contributed by atoms with Crippen LogP contribution in [-0.2, 0) is 65.9 Å². The molecule has 4 heterocycles. The number of nitrogens with one attached hydrogen (secondary N) is 1. The van der Waals surface area contributed by atoms with E-state index in [0.717, 1.165) is 27.1 Å². The van der Waals surface area contributed by atoms with Crippen molar-refractivity contribution in [3.8, 4) is 6.07 Å². The SMILES string of the molecule is CC(=O)OC[C@H]1OC(OP(=O)(Nc2ncnc3c2ncn3[C@@H]2O[C@H](COC(=O)c3ccccc3)[C@@H](OC(=O)c3ccccc3)[C@H]2OC(=O)c2ccccc2)OCCC#N)[C@H](OC(C)=O)[C@@H]1OC(C)=O. The highest BCUT2D eigenvalue weighted by molar-refractivity contribution is 7.55. The number of benzene rings is 3. The topological polar surface area (TPSA) is 291 Å². The monoisotopic (exact) mass is 970 g/mol. The lowest BCUT2D eigenvalue weighted by Gasteiger charge is -2.26. The maximum atomic E-state index is 14.8. The molecule has 0 saturated carbocycles. The summed E-state index contributed by atoms with van der Waals surface area (Å²) >= 11 is 0. The number of anilines is 1. The minimum atomic E-state index is -4.83. The van der Waals surface area contributed by atoms with Crippen molar-refractivity contribution in [3.05, 3.63) is 120 Å². The summed E-state index contributed by atoms with van der Waals surface area (Å²) < 4.78 is 73.5. The molecule has 360 valence electrons. The van der Waals surface area contributed by atoms with Gasteiger partial charge in [0.15, 0.2) is 47.6 Å². The zero-order valence-corrected chi connectivity index (χ0v) is 37.8. The minimum absolute atomic E-state index is 0.0526. The van der Waals surface area contributed by atoms with E-state index >= 15 is 0 Å². The first kappa shape index (κ1) is 49.3. The highest BCUT2D eigenvalue weighted by Crippen LogP contribution is 2.52. The van der Waals surface area contributed by atoms with Crippen molar-refractivity contribution >= 4 is 60.5 Å². The van der Waals surface area contributed by atoms with E-state index in [1.807, 2.05) is 6.07 Å². The van der Waals surface area contributed by atoms with Crippen LogP contribution in [0.1, 0.15) is 64.5 Å². The lowest BCUT2D eigenvalue weighted by atomic mass is 10.1. The van der Waals surface area contributed by atoms with Crippen LogP contribution in [0.2, 0.25) is 0 Å². The fraction of sp³-hybridized carbons (Fsp3) is 0.333. The normalized spacial score (nSPS) is 22.6. The van der Waals surface area contributed by atoms with Crippen LogP contribution in [0.3, 0.4) is 0 Å². The molecule has 2 fully saturated rings. The van der Waals surface area contributed by atoms with Gasteiger partial charge < -0.3 is 37.9 Å². The summed E-state index contributed by atoms with van der Waals surface area (Å²) in [6.45, 7) is 1.76. The van der Waals surface area contributed by atoms with E-state index in [0.29, 0.717) is 0 Å². The van der Waals surface area contributed by atoms with E-state index in [4.69, 9.17) is 46.9 Å². The first-order valence-electron chi connectivity index (χ1n) is 21.0. The van der Waals surface area contributed by atoms with E-state index in [-0.39, 0.29) is 40.1 Å². The molecule has 3 aromatic carbocycles. The Bertz CT molecular complexity index is 2740. The molecule has 0 amide bonds. The van der Waals surface area contributed by atoms with E-state index in [1.165, 1.54) is 35.2 Å². The number of fused-ring (bicyclic) bond motifs is 1. The van der Waals surface area contributed by atoms with Gasteiger partial charge in [0.2, 0.25) is 6.29 Å². The summed E-state index contributed by atoms with van der Waals surface area (Å²) in [4.78, 5) is 89.9. The van der Waals surface area contributed by atoms with Gasteiger partial charge in [-0.05, 0) is 36.4 Å². The summed E-state index contributed by atoms with van der Waals surface area (Å²) in [6, 6.07) is 25.9. The Morgan fingerprint density at radius 3 is 1.78 bits per heavy atom. The molecular weight excluding hydrogens is 927 g/mol. The molecule has 1 N–H and O–H groups in total. The largest absolute Gasteiger partial charge is 0.463 e. The molecule has 2 saturated heterocycles. The Balaban J connectivity index is 1.24. The number of carbonyl (C=O) groups is 6. The van der Waals surface area contributed by atoms with E-state index in [1.54, 1.807) is 66.7 Å². The smallest absolute Gasteiger partial charge is 0.436 e. The van der Waals surface area contributed by atoms with Gasteiger partial charge in [-0.15, -0.1) is 0 Å². The fourth-order valence-electron chi connectivity index (χ4n) is 7.13. The van der Waals surface area contributed by atoms with Crippen LogP contribution in [0, 0.1) is 11.3 Å². The van der Waals surface area contributed by atoms with Gasteiger partial charge in [-0.3, -0.25) is 33.1 Å². The van der Waals surface area contributed by atoms with Gasteiger partial charge in [0.05, 0.1) is 42.1 Å². The first-order chi connectivity index (χ1) is 33.2. The Morgan fingerprint density at radius 1 is 0.667 bits per heavy atom. The van der Waals surface area contributed by atoms with Crippen LogP contribution < -0.4 is 5.09 Å². The molecule has 0 radical (unpaired) electrons. The predicted octanol–water partition coefficient (Wildman–Crippen LogP) is 4.65. The van der Waals surface area contributed by atoms with E-state index < -0.39 is 113 Å². The number of nitrogens with zero attached hydrogens (tertiary/aromatic N) is 5. The van der Waals surface area contributed by atoms with E-state index in [9.17, 15) is 38.6 Å². The van der Waals surface area contributed by atoms with Crippen LogP contribution in [0.5, 0.6) is 0 Å². The number of hydrogen-bond donors (Lipinski definition) is 1. The average molecular weight is 971 g/mol. The zero-order chi connectivity index (χ0) is 49.1. The third-order valence-electron chi connectivity index (χ3n) is 10.1. The molecule has 2 unspecified atom stereocenters. The van der Waals surface area contributed by atoms with Crippen molar-refractivity contribution in [2.24, 2.45) is 0 Å². The average Bonchev–Trinajstić information content (AvgIpc) is 4.01. The number of imidazole rings is 1. The van der Waals surface area contributed by atoms with Crippen LogP contribution in [0.4, 0.5) is 5.82 Å². The second-order valence-corrected chi connectivity index (χ2v) is 16.7. The third kappa shape index (κ3) is 12.3. The predicted molar refractivity (Wildman–Crippen MR) is 232 cm³/mol. The highest BCUT2D eigenvalue weighted by atomic mass is 31.2. The second-order valence-electron chi connectivity index (χ2n) is 15.0. The number of esters is 6. The summed E-state index contributed by atoms with van der Waals surface area (Å²) in [6.07, 6.45) is -9.78. The quantitative estimate of drug-likeness (QED) is 0.0510. The maximum absolute atomic E-state index is 14.8. The number of ether oxygens (including phenoxy) is 8. The van der Waals surface area contributed by atoms with Crippen LogP contribution >= 0.6 is 7.75 Å². The Hall–Kier alpha value is -7.61. The lowest BCUT2D eigenvalue weighted by Crippen LogP contribution is -2.41. The second kappa shape index (κ2) is 22.5. The van der Waals surface area contributed by atoms with Gasteiger partial charge in [-0.2, -0.15) is 5.26 Å². The van der Waals surface area contributed by atoms with Gasteiger partial charge in [-0.25, -0.2) is 33.9 Å². The molecule has 7 rings (SSSR count). The van der Waals surface area contributed by atoms with Crippen molar-refractivity contribution in [2.45, 2.75) is 76.3 Å². The van der Waals surface area contributed by atoms with E-state index in [2.05, 4.69) is 20.0 Å². The molecule has 0 spiro atoms. The molecular formula is C45H43N6O17P. The molecule has 69 heavy (non-hydrogen) atoms. The van der Waals surface area contributed by atoms with Crippen LogP contribution in [0.15, 0.2) is 104 Å². The molecule has 2 aliphatic heterocycles. The van der Waals surface area contributed by atoms with Gasteiger partial charge >= 0.3 is 43.6 Å². The number of hydrogen-bond acceptors (Lipinski definition) is 21. The maximum Gasteiger partial charge on any atom is 0.436 e. The summed E-state index contributed by atoms with van der Waals surface area (Å²) in [7, 11) is -4.83. The van der Waals surface area contributed by atoms with Crippen molar-refractivity contribution in [1.82, 2.24) is 19.5 Å². The number of nitriles is 1. The standard InChI is InChI=1S/C45H43N6O17P/c1-26(52)59-22-33-36(62-27(2)53)38(63-28(3)54)45(65-33)68-69(58,61-21-13-20-46)50-39-34-40(48-24-47-39)51(25-49-34)41-37(67-44(57)31-18-11-6-12-19-31)35(66-43(56)30-16-9-5-10-17-30)32(64-41)23-60-42(55)29-14-7-4-8-15-29/h4-12,14-19,24-25,32-33,35-38,41,45H,13,21-23H2,1-3H3,(H,47,48,50,58)/t32-,33-,35-,36-,37-,38-,41-,45?,69?/m1/s1. The van der Waals surface area contributed by atoms with Gasteiger partial charge in [-0.1, -0.05) is 54.6 Å². The van der Waals surface area contributed by atoms with Gasteiger partial charge in [0.25, 0.3) is 0 Å². The zero-order valence-electron chi connectivity index (χ0n) is 36.9. The molecule has 5 aromatic rings. The summed E-state index contributed by atoms with van der Waals surface area (Å²) in [5.41, 5.74) is 0.341. The highest BCUT2D eigenvalue weighted by Gasteiger charge is 2.54. The summed E-state index contributed by atoms with van der Waals surface area (Å²) in [5, 5.41) is 11.9. The van der Waals surface area contributed by atoms with Crippen LogP contribution in [0.25, 0.3) is 11.2 Å². The molecule has 2 aromatic heterocycles. The fourth-order valence-corrected chi connectivity index (χ4v) is 8.50. The third-order valence-corrected chi connectivity index (χ3v) is 11.6. The van der Waals surface area contributed by atoms with Crippen molar-refractivity contribution in [2.75, 3.05) is 24.9 Å². The van der Waals surface area contributed by atoms with Crippen molar-refractivity contribution in [3.63, 3.8) is 0 Å². The Kier molecular flexibility index (Phi) is 16.0. The molecule has 2 aliphatic rings. The Morgan fingerprint density at radius 2 is 1.20 bits per heavy atom. The van der Waals surface area contributed by atoms with Gasteiger partial charge in [0.1, 0.15) is 31.7 Å². The molecule has 0 aliphatic carbocycles. The van der Waals surface area contributed by atoms with Gasteiger partial charge in [0, 0.05) is 20.8 Å².